The molecule has 3 amide bonds. The minimum Gasteiger partial charge on any atom is -0.380 e. The van der Waals surface area contributed by atoms with Gasteiger partial charge in [0.15, 0.2) is 0 Å². The summed E-state index contributed by atoms with van der Waals surface area (Å²) >= 11 is 0. The normalized spacial score (nSPS) is 19.6. The van der Waals surface area contributed by atoms with E-state index in [1.165, 1.54) is 9.80 Å². The first kappa shape index (κ1) is 20.2. The Labute approximate surface area is 165 Å². The van der Waals surface area contributed by atoms with Crippen LogP contribution in [0.25, 0.3) is 0 Å². The molecule has 0 radical (unpaired) electrons. The quantitative estimate of drug-likeness (QED) is 0.514. The van der Waals surface area contributed by atoms with Crippen molar-refractivity contribution in [3.05, 3.63) is 17.5 Å². The van der Waals surface area contributed by atoms with Crippen molar-refractivity contribution in [2.24, 2.45) is 4.99 Å². The number of likely N-dealkylation sites (N-methyl/N-ethyl adjacent to an activating group) is 2. The number of carbonyl (C=O) groups is 2. The average molecular weight is 389 g/mol. The molecule has 0 N–H and O–H groups in total. The van der Waals surface area contributed by atoms with Gasteiger partial charge in [-0.15, -0.1) is 9.78 Å². The van der Waals surface area contributed by atoms with Gasteiger partial charge in [0.25, 0.3) is 5.91 Å². The highest BCUT2D eigenvalue weighted by molar-refractivity contribution is 6.23. The Kier molecular flexibility index (Phi) is 5.93. The van der Waals surface area contributed by atoms with E-state index < -0.39 is 6.04 Å². The van der Waals surface area contributed by atoms with Crippen LogP contribution in [0, 0.1) is 0 Å². The number of rotatable bonds is 7. The standard InChI is InChI=1S/C19H29N6O3/c1-6-13-12-14(7-2)25(21-13)18-20-16-15(23(18)8-3)17(26)24(10-11-28-9-4)19(27)22(16)5/h12,15H,6-11H2,1-5H3/q+1. The Bertz CT molecular complexity index is 841. The number of imide groups is 1. The monoisotopic (exact) mass is 389 g/mol. The third kappa shape index (κ3) is 3.23. The van der Waals surface area contributed by atoms with Gasteiger partial charge in [-0.25, -0.2) is 9.37 Å². The second-order valence-corrected chi connectivity index (χ2v) is 6.73. The van der Waals surface area contributed by atoms with Gasteiger partial charge in [-0.1, -0.05) is 18.8 Å². The molecule has 9 nitrogen and oxygen atoms in total. The lowest BCUT2D eigenvalue weighted by Crippen LogP contribution is -2.63. The molecule has 9 heteroatoms. The molecule has 2 aliphatic heterocycles. The molecule has 0 spiro atoms. The molecule has 28 heavy (non-hydrogen) atoms. The highest BCUT2D eigenvalue weighted by Crippen LogP contribution is 2.21. The number of amides is 3. The Morgan fingerprint density at radius 1 is 1.18 bits per heavy atom. The number of aliphatic imine (C=N–C) groups is 1. The van der Waals surface area contributed by atoms with Crippen LogP contribution in [-0.4, -0.2) is 87.3 Å². The number of hydrogen-bond donors (Lipinski definition) is 0. The number of aromatic nitrogens is 2. The number of aryl methyl sites for hydroxylation is 2. The van der Waals surface area contributed by atoms with Crippen LogP contribution >= 0.6 is 0 Å². The van der Waals surface area contributed by atoms with E-state index in [4.69, 9.17) is 4.74 Å². The van der Waals surface area contributed by atoms with Crippen LogP contribution in [0.2, 0.25) is 0 Å². The Hall–Kier alpha value is -2.55. The lowest BCUT2D eigenvalue weighted by atomic mass is 10.1. The topological polar surface area (TPSA) is 83.0 Å². The van der Waals surface area contributed by atoms with Gasteiger partial charge in [0.2, 0.25) is 11.9 Å². The second-order valence-electron chi connectivity index (χ2n) is 6.73. The predicted molar refractivity (Wildman–Crippen MR) is 105 cm³/mol. The molecule has 1 fully saturated rings. The van der Waals surface area contributed by atoms with Crippen molar-refractivity contribution in [1.29, 1.82) is 0 Å². The molecule has 0 saturated carbocycles. The highest BCUT2D eigenvalue weighted by Gasteiger charge is 2.52. The zero-order valence-electron chi connectivity index (χ0n) is 17.3. The summed E-state index contributed by atoms with van der Waals surface area (Å²) in [6.07, 6.45) is 1.62. The first-order valence-electron chi connectivity index (χ1n) is 9.95. The van der Waals surface area contributed by atoms with E-state index in [2.05, 4.69) is 30.0 Å². The Balaban J connectivity index is 2.03. The summed E-state index contributed by atoms with van der Waals surface area (Å²) < 4.78 is 9.07. The number of urea groups is 1. The number of hydrogen-bond acceptors (Lipinski definition) is 5. The highest BCUT2D eigenvalue weighted by atomic mass is 16.5. The number of nitrogens with zero attached hydrogens (tertiary/aromatic N) is 6. The van der Waals surface area contributed by atoms with Crippen LogP contribution in [0.3, 0.4) is 0 Å². The number of fused-ring (bicyclic) bond motifs is 1. The molecule has 2 aliphatic rings. The summed E-state index contributed by atoms with van der Waals surface area (Å²) in [7, 11) is 1.66. The first-order chi connectivity index (χ1) is 13.5. The minimum absolute atomic E-state index is 0.231. The third-order valence-corrected chi connectivity index (χ3v) is 5.14. The van der Waals surface area contributed by atoms with Crippen LogP contribution in [0.5, 0.6) is 0 Å². The zero-order valence-corrected chi connectivity index (χ0v) is 17.3. The summed E-state index contributed by atoms with van der Waals surface area (Å²) in [4.78, 5) is 33.3. The molecule has 3 heterocycles. The third-order valence-electron chi connectivity index (χ3n) is 5.14. The van der Waals surface area contributed by atoms with Crippen LogP contribution in [-0.2, 0) is 22.4 Å². The first-order valence-corrected chi connectivity index (χ1v) is 9.95. The summed E-state index contributed by atoms with van der Waals surface area (Å²) in [5, 5.41) is 4.67. The van der Waals surface area contributed by atoms with Gasteiger partial charge in [-0.05, 0) is 26.3 Å². The van der Waals surface area contributed by atoms with Crippen molar-refractivity contribution in [3.8, 4) is 0 Å². The molecule has 0 aromatic carbocycles. The molecular formula is C19H29N6O3+. The van der Waals surface area contributed by atoms with Gasteiger partial charge in [-0.2, -0.15) is 0 Å². The average Bonchev–Trinajstić information content (AvgIpc) is 3.29. The maximum Gasteiger partial charge on any atom is 0.421 e. The van der Waals surface area contributed by atoms with E-state index in [-0.39, 0.29) is 18.5 Å². The second kappa shape index (κ2) is 8.22. The van der Waals surface area contributed by atoms with Crippen LogP contribution in [0.1, 0.15) is 39.1 Å². The van der Waals surface area contributed by atoms with Crippen molar-refractivity contribution >= 4 is 23.7 Å². The van der Waals surface area contributed by atoms with E-state index in [1.54, 1.807) is 7.05 Å². The van der Waals surface area contributed by atoms with Crippen molar-refractivity contribution in [3.63, 3.8) is 0 Å². The summed E-state index contributed by atoms with van der Waals surface area (Å²) in [6.45, 7) is 9.65. The van der Waals surface area contributed by atoms with Crippen molar-refractivity contribution in [1.82, 2.24) is 19.6 Å². The fourth-order valence-corrected chi connectivity index (χ4v) is 3.58. The number of carbonyl (C=O) groups excluding carboxylic acids is 2. The van der Waals surface area contributed by atoms with Crippen LogP contribution in [0.15, 0.2) is 11.1 Å². The van der Waals surface area contributed by atoms with E-state index in [1.807, 2.05) is 23.1 Å². The van der Waals surface area contributed by atoms with Gasteiger partial charge in [-0.3, -0.25) is 14.6 Å². The fourth-order valence-electron chi connectivity index (χ4n) is 3.58. The maximum atomic E-state index is 13.2. The minimum atomic E-state index is -0.622. The van der Waals surface area contributed by atoms with E-state index >= 15 is 0 Å². The van der Waals surface area contributed by atoms with Gasteiger partial charge in [0, 0.05) is 20.1 Å². The molecule has 1 aromatic heterocycles. The molecule has 1 saturated heterocycles. The molecule has 3 rings (SSSR count). The van der Waals surface area contributed by atoms with E-state index in [0.29, 0.717) is 31.6 Å². The molecular weight excluding hydrogens is 360 g/mol. The number of ether oxygens (including phenoxy) is 1. The van der Waals surface area contributed by atoms with E-state index in [9.17, 15) is 9.59 Å². The van der Waals surface area contributed by atoms with Crippen LogP contribution in [0.4, 0.5) is 4.79 Å². The largest absolute Gasteiger partial charge is 0.421 e. The maximum absolute atomic E-state index is 13.2. The summed E-state index contributed by atoms with van der Waals surface area (Å²) in [5.74, 6) is 0.785. The number of amidine groups is 1. The summed E-state index contributed by atoms with van der Waals surface area (Å²) in [6, 6.07) is 1.07. The van der Waals surface area contributed by atoms with Gasteiger partial charge in [0.1, 0.15) is 5.69 Å². The lowest BCUT2D eigenvalue weighted by molar-refractivity contribution is -0.534. The smallest absolute Gasteiger partial charge is 0.380 e. The molecule has 0 bridgehead atoms. The van der Waals surface area contributed by atoms with Gasteiger partial charge in [0.05, 0.1) is 25.4 Å². The Morgan fingerprint density at radius 3 is 2.54 bits per heavy atom. The zero-order chi connectivity index (χ0) is 20.4. The van der Waals surface area contributed by atoms with Crippen molar-refractivity contribution < 1.29 is 18.9 Å². The predicted octanol–water partition coefficient (Wildman–Crippen LogP) is 0.956. The molecule has 1 aromatic rings. The van der Waals surface area contributed by atoms with E-state index in [0.717, 1.165) is 24.2 Å². The Morgan fingerprint density at radius 2 is 1.93 bits per heavy atom. The van der Waals surface area contributed by atoms with Crippen molar-refractivity contribution in [2.45, 2.75) is 46.6 Å². The molecule has 152 valence electrons. The van der Waals surface area contributed by atoms with Gasteiger partial charge < -0.3 is 4.74 Å². The summed E-state index contributed by atoms with van der Waals surface area (Å²) in [5.41, 5.74) is 2.01. The van der Waals surface area contributed by atoms with Crippen LogP contribution < -0.4 is 0 Å². The lowest BCUT2D eigenvalue weighted by Gasteiger charge is -2.33. The van der Waals surface area contributed by atoms with Crippen molar-refractivity contribution in [2.75, 3.05) is 33.4 Å². The molecule has 0 aliphatic carbocycles. The fraction of sp³-hybridized carbons (Fsp3) is 0.632. The molecule has 1 unspecified atom stereocenters. The molecule has 1 atom stereocenters. The van der Waals surface area contributed by atoms with Gasteiger partial charge >= 0.3 is 12.0 Å². The SMILES string of the molecule is CCOCCN1C(=O)C2C(=NC(n3nc(CC)cc3CC)=[N+]2CC)N(C)C1=O.